The van der Waals surface area contributed by atoms with E-state index >= 15 is 0 Å². The molecule has 2 aromatic heterocycles. The van der Waals surface area contributed by atoms with Gasteiger partial charge in [0.05, 0.1) is 26.3 Å². The van der Waals surface area contributed by atoms with Crippen LogP contribution in [-0.4, -0.2) is 68.9 Å². The average Bonchev–Trinajstić information content (AvgIpc) is 3.28. The number of likely N-dealkylation sites (tertiary alicyclic amines) is 1. The van der Waals surface area contributed by atoms with Crippen LogP contribution >= 0.6 is 11.3 Å². The third kappa shape index (κ3) is 4.08. The van der Waals surface area contributed by atoms with Gasteiger partial charge in [0, 0.05) is 37.6 Å². The number of piperidine rings is 1. The number of thiazole rings is 1. The smallest absolute Gasteiger partial charge is 0.146 e. The van der Waals surface area contributed by atoms with Crippen molar-refractivity contribution in [3.63, 3.8) is 0 Å². The molecule has 0 amide bonds. The van der Waals surface area contributed by atoms with Gasteiger partial charge in [-0.15, -0.1) is 21.5 Å². The highest BCUT2D eigenvalue weighted by Gasteiger charge is 2.26. The summed E-state index contributed by atoms with van der Waals surface area (Å²) in [6.07, 6.45) is 4.19. The summed E-state index contributed by atoms with van der Waals surface area (Å²) in [5.41, 5.74) is 0. The van der Waals surface area contributed by atoms with Crippen molar-refractivity contribution in [3.05, 3.63) is 28.2 Å². The van der Waals surface area contributed by atoms with Crippen LogP contribution in [0.2, 0.25) is 0 Å². The molecule has 0 spiro atoms. The molecule has 2 aromatic rings. The van der Waals surface area contributed by atoms with E-state index in [1.807, 2.05) is 6.20 Å². The maximum atomic E-state index is 5.42. The van der Waals surface area contributed by atoms with Gasteiger partial charge in [-0.3, -0.25) is 9.80 Å². The number of morpholine rings is 1. The molecular weight excluding hydrogens is 336 g/mol. The maximum absolute atomic E-state index is 5.42. The molecule has 7 nitrogen and oxygen atoms in total. The predicted molar refractivity (Wildman–Crippen MR) is 96.5 cm³/mol. The molecule has 0 radical (unpaired) electrons. The molecule has 0 bridgehead atoms. The van der Waals surface area contributed by atoms with E-state index in [0.29, 0.717) is 5.92 Å². The summed E-state index contributed by atoms with van der Waals surface area (Å²) < 4.78 is 7.64. The van der Waals surface area contributed by atoms with Crippen LogP contribution < -0.4 is 0 Å². The Morgan fingerprint density at radius 1 is 1.08 bits per heavy atom. The first-order valence-corrected chi connectivity index (χ1v) is 9.96. The number of nitrogens with zero attached hydrogens (tertiary/aromatic N) is 6. The lowest BCUT2D eigenvalue weighted by Crippen LogP contribution is -2.36. The molecule has 2 fully saturated rings. The van der Waals surface area contributed by atoms with Crippen LogP contribution in [-0.2, 0) is 24.9 Å². The lowest BCUT2D eigenvalue weighted by Gasteiger charge is -2.31. The summed E-state index contributed by atoms with van der Waals surface area (Å²) in [4.78, 5) is 9.29. The van der Waals surface area contributed by atoms with Crippen LogP contribution in [0, 0.1) is 0 Å². The first kappa shape index (κ1) is 17.1. The second-order valence-corrected chi connectivity index (χ2v) is 7.88. The Kier molecular flexibility index (Phi) is 5.40. The fraction of sp³-hybridized carbons (Fsp3) is 0.706. The van der Waals surface area contributed by atoms with Gasteiger partial charge >= 0.3 is 0 Å². The molecule has 0 atom stereocenters. The molecule has 4 rings (SSSR count). The van der Waals surface area contributed by atoms with Crippen LogP contribution in [0.15, 0.2) is 11.6 Å². The van der Waals surface area contributed by atoms with Crippen molar-refractivity contribution in [1.82, 2.24) is 29.5 Å². The first-order valence-electron chi connectivity index (χ1n) is 9.08. The minimum Gasteiger partial charge on any atom is -0.379 e. The van der Waals surface area contributed by atoms with Gasteiger partial charge in [-0.05, 0) is 25.9 Å². The van der Waals surface area contributed by atoms with E-state index < -0.39 is 0 Å². The molecule has 136 valence electrons. The topological polar surface area (TPSA) is 59.3 Å². The summed E-state index contributed by atoms with van der Waals surface area (Å²) in [7, 11) is 2.12. The molecule has 8 heteroatoms. The van der Waals surface area contributed by atoms with E-state index in [1.165, 1.54) is 5.01 Å². The first-order chi connectivity index (χ1) is 12.3. The molecule has 0 N–H and O–H groups in total. The zero-order chi connectivity index (χ0) is 17.1. The normalized spacial score (nSPS) is 21.0. The third-order valence-corrected chi connectivity index (χ3v) is 6.03. The van der Waals surface area contributed by atoms with Gasteiger partial charge in [0.25, 0.3) is 0 Å². The molecule has 0 aromatic carbocycles. The SMILES string of the molecule is Cn1c(CN2CCOCC2)nnc1C1CCN(Cc2nccs2)CC1. The number of hydrogen-bond donors (Lipinski definition) is 0. The molecule has 0 saturated carbocycles. The Morgan fingerprint density at radius 3 is 2.56 bits per heavy atom. The lowest BCUT2D eigenvalue weighted by atomic mass is 9.96. The molecule has 25 heavy (non-hydrogen) atoms. The van der Waals surface area contributed by atoms with Gasteiger partial charge < -0.3 is 9.30 Å². The number of ether oxygens (including phenoxy) is 1. The quantitative estimate of drug-likeness (QED) is 0.803. The Balaban J connectivity index is 1.33. The third-order valence-electron chi connectivity index (χ3n) is 5.26. The standard InChI is InChI=1S/C17H26N6OS/c1-21-15(12-23-7-9-24-10-8-23)19-20-17(21)14-2-5-22(6-3-14)13-16-18-4-11-25-16/h4,11,14H,2-3,5-10,12-13H2,1H3. The van der Waals surface area contributed by atoms with E-state index in [1.54, 1.807) is 11.3 Å². The van der Waals surface area contributed by atoms with Crippen molar-refractivity contribution in [2.45, 2.75) is 31.8 Å². The number of hydrogen-bond acceptors (Lipinski definition) is 7. The van der Waals surface area contributed by atoms with Crippen molar-refractivity contribution >= 4 is 11.3 Å². The van der Waals surface area contributed by atoms with Crippen molar-refractivity contribution in [3.8, 4) is 0 Å². The number of aromatic nitrogens is 4. The van der Waals surface area contributed by atoms with E-state index in [9.17, 15) is 0 Å². The van der Waals surface area contributed by atoms with E-state index in [4.69, 9.17) is 4.74 Å². The molecule has 0 unspecified atom stereocenters. The Hall–Kier alpha value is -1.35. The minimum absolute atomic E-state index is 0.517. The van der Waals surface area contributed by atoms with Gasteiger partial charge in [-0.2, -0.15) is 0 Å². The van der Waals surface area contributed by atoms with E-state index in [2.05, 4.69) is 42.0 Å². The summed E-state index contributed by atoms with van der Waals surface area (Å²) in [5, 5.41) is 12.3. The van der Waals surface area contributed by atoms with Crippen LogP contribution in [0.3, 0.4) is 0 Å². The Morgan fingerprint density at radius 2 is 1.84 bits per heavy atom. The van der Waals surface area contributed by atoms with Crippen molar-refractivity contribution in [2.75, 3.05) is 39.4 Å². The molecule has 2 saturated heterocycles. The van der Waals surface area contributed by atoms with Gasteiger partial charge in [-0.1, -0.05) is 0 Å². The monoisotopic (exact) mass is 362 g/mol. The zero-order valence-electron chi connectivity index (χ0n) is 14.8. The number of rotatable bonds is 5. The molecule has 0 aliphatic carbocycles. The predicted octanol–water partition coefficient (Wildman–Crippen LogP) is 1.48. The highest BCUT2D eigenvalue weighted by molar-refractivity contribution is 7.09. The maximum Gasteiger partial charge on any atom is 0.146 e. The lowest BCUT2D eigenvalue weighted by molar-refractivity contribution is 0.0326. The summed E-state index contributed by atoms with van der Waals surface area (Å²) in [6, 6.07) is 0. The highest BCUT2D eigenvalue weighted by Crippen LogP contribution is 2.28. The summed E-state index contributed by atoms with van der Waals surface area (Å²) in [5.74, 6) is 2.74. The highest BCUT2D eigenvalue weighted by atomic mass is 32.1. The minimum atomic E-state index is 0.517. The van der Waals surface area contributed by atoms with Crippen LogP contribution in [0.1, 0.15) is 35.4 Å². The zero-order valence-corrected chi connectivity index (χ0v) is 15.6. The van der Waals surface area contributed by atoms with Gasteiger partial charge in [-0.25, -0.2) is 4.98 Å². The van der Waals surface area contributed by atoms with E-state index in [0.717, 1.165) is 77.0 Å². The summed E-state index contributed by atoms with van der Waals surface area (Å²) >= 11 is 1.74. The van der Waals surface area contributed by atoms with Crippen molar-refractivity contribution in [1.29, 1.82) is 0 Å². The molecule has 2 aliphatic rings. The second-order valence-electron chi connectivity index (χ2n) is 6.90. The Bertz CT molecular complexity index is 659. The fourth-order valence-electron chi connectivity index (χ4n) is 3.70. The van der Waals surface area contributed by atoms with Crippen molar-refractivity contribution < 1.29 is 4.74 Å². The van der Waals surface area contributed by atoms with Crippen LogP contribution in [0.5, 0.6) is 0 Å². The van der Waals surface area contributed by atoms with E-state index in [-0.39, 0.29) is 0 Å². The molecule has 4 heterocycles. The van der Waals surface area contributed by atoms with Gasteiger partial charge in [0.1, 0.15) is 16.7 Å². The van der Waals surface area contributed by atoms with Crippen LogP contribution in [0.25, 0.3) is 0 Å². The van der Waals surface area contributed by atoms with Crippen LogP contribution in [0.4, 0.5) is 0 Å². The second kappa shape index (κ2) is 7.90. The fourth-order valence-corrected chi connectivity index (χ4v) is 4.36. The Labute approximate surface area is 152 Å². The average molecular weight is 363 g/mol. The molecular formula is C17H26N6OS. The van der Waals surface area contributed by atoms with Gasteiger partial charge in [0.2, 0.25) is 0 Å². The van der Waals surface area contributed by atoms with Crippen molar-refractivity contribution in [2.24, 2.45) is 7.05 Å². The molecule has 2 aliphatic heterocycles. The van der Waals surface area contributed by atoms with Gasteiger partial charge in [0.15, 0.2) is 0 Å². The summed E-state index contributed by atoms with van der Waals surface area (Å²) in [6.45, 7) is 7.67. The largest absolute Gasteiger partial charge is 0.379 e.